The molecular formula is C16H14F2. The Hall–Kier alpha value is -1.70. The molecule has 0 saturated carbocycles. The minimum Gasteiger partial charge on any atom is -0.207 e. The zero-order valence-corrected chi connectivity index (χ0v) is 10.0. The van der Waals surface area contributed by atoms with Crippen molar-refractivity contribution in [2.75, 3.05) is 0 Å². The number of hydrogen-bond donors (Lipinski definition) is 0. The van der Waals surface area contributed by atoms with E-state index in [1.807, 2.05) is 24.3 Å². The number of halogens is 2. The minimum atomic E-state index is -0.164. The molecule has 2 aromatic rings. The lowest BCUT2D eigenvalue weighted by Crippen LogP contribution is -2.02. The summed E-state index contributed by atoms with van der Waals surface area (Å²) in [5, 5.41) is 0. The molecule has 2 heteroatoms. The summed E-state index contributed by atoms with van der Waals surface area (Å²) in [5.74, 6) is -0.328. The summed E-state index contributed by atoms with van der Waals surface area (Å²) in [4.78, 5) is 0. The molecule has 0 N–H and O–H groups in total. The highest BCUT2D eigenvalue weighted by Gasteiger charge is 2.10. The van der Waals surface area contributed by atoms with Crippen LogP contribution in [0.1, 0.15) is 22.3 Å². The van der Waals surface area contributed by atoms with Crippen LogP contribution in [0.3, 0.4) is 0 Å². The van der Waals surface area contributed by atoms with E-state index in [0.29, 0.717) is 24.0 Å². The fourth-order valence-corrected chi connectivity index (χ4v) is 2.46. The van der Waals surface area contributed by atoms with Gasteiger partial charge in [-0.15, -0.1) is 0 Å². The Morgan fingerprint density at radius 1 is 0.611 bits per heavy atom. The SMILES string of the molecule is Fc1cc2ccc1CCc1ccc(cc1F)CC2. The van der Waals surface area contributed by atoms with Crippen LogP contribution in [0.5, 0.6) is 0 Å². The fourth-order valence-electron chi connectivity index (χ4n) is 2.46. The third kappa shape index (κ3) is 2.15. The molecule has 0 atom stereocenters. The molecule has 0 amide bonds. The standard InChI is InChI=1S/C16H14F2/c17-15-9-11-1-2-12-4-6-14(16(18)10-12)8-7-13(15)5-3-11/h3-6,9-10H,1-2,7-8H2. The lowest BCUT2D eigenvalue weighted by atomic mass is 9.96. The summed E-state index contributed by atoms with van der Waals surface area (Å²) < 4.78 is 27.6. The van der Waals surface area contributed by atoms with Crippen molar-refractivity contribution < 1.29 is 8.78 Å². The molecule has 0 fully saturated rings. The van der Waals surface area contributed by atoms with Gasteiger partial charge in [0.2, 0.25) is 0 Å². The van der Waals surface area contributed by atoms with Gasteiger partial charge in [-0.1, -0.05) is 24.3 Å². The molecule has 18 heavy (non-hydrogen) atoms. The predicted molar refractivity (Wildman–Crippen MR) is 67.6 cm³/mol. The second-order valence-corrected chi connectivity index (χ2v) is 4.85. The van der Waals surface area contributed by atoms with Crippen molar-refractivity contribution in [3.05, 3.63) is 70.3 Å². The third-order valence-electron chi connectivity index (χ3n) is 3.60. The largest absolute Gasteiger partial charge is 0.207 e. The average molecular weight is 244 g/mol. The van der Waals surface area contributed by atoms with Crippen LogP contribution in [0, 0.1) is 11.6 Å². The Labute approximate surface area is 105 Å². The molecule has 92 valence electrons. The number of rotatable bonds is 0. The van der Waals surface area contributed by atoms with Crippen LogP contribution in [0.2, 0.25) is 0 Å². The molecule has 0 heterocycles. The van der Waals surface area contributed by atoms with E-state index in [9.17, 15) is 8.78 Å². The molecule has 0 radical (unpaired) electrons. The zero-order valence-electron chi connectivity index (χ0n) is 10.0. The smallest absolute Gasteiger partial charge is 0.126 e. The normalized spacial score (nSPS) is 14.3. The van der Waals surface area contributed by atoms with Crippen molar-refractivity contribution >= 4 is 0 Å². The third-order valence-corrected chi connectivity index (χ3v) is 3.60. The van der Waals surface area contributed by atoms with Gasteiger partial charge in [0, 0.05) is 0 Å². The van der Waals surface area contributed by atoms with Gasteiger partial charge < -0.3 is 0 Å². The van der Waals surface area contributed by atoms with E-state index in [1.54, 1.807) is 12.1 Å². The molecule has 4 aliphatic carbocycles. The van der Waals surface area contributed by atoms with Gasteiger partial charge in [0.25, 0.3) is 0 Å². The molecule has 0 nitrogen and oxygen atoms in total. The summed E-state index contributed by atoms with van der Waals surface area (Å²) in [7, 11) is 0. The average Bonchev–Trinajstić information content (AvgIpc) is 2.34. The second kappa shape index (κ2) is 4.52. The van der Waals surface area contributed by atoms with Gasteiger partial charge in [-0.3, -0.25) is 0 Å². The lowest BCUT2D eigenvalue weighted by molar-refractivity contribution is 0.590. The molecule has 0 spiro atoms. The van der Waals surface area contributed by atoms with Gasteiger partial charge in [0.15, 0.2) is 0 Å². The second-order valence-electron chi connectivity index (χ2n) is 4.85. The first-order valence-corrected chi connectivity index (χ1v) is 6.27. The molecule has 4 aliphatic rings. The molecule has 0 aromatic heterocycles. The van der Waals surface area contributed by atoms with Crippen molar-refractivity contribution in [2.45, 2.75) is 25.7 Å². The Kier molecular flexibility index (Phi) is 2.86. The van der Waals surface area contributed by atoms with E-state index < -0.39 is 0 Å². The van der Waals surface area contributed by atoms with Crippen molar-refractivity contribution in [3.63, 3.8) is 0 Å². The topological polar surface area (TPSA) is 0 Å². The Morgan fingerprint density at radius 3 is 1.44 bits per heavy atom. The molecule has 0 saturated heterocycles. The van der Waals surface area contributed by atoms with E-state index in [-0.39, 0.29) is 11.6 Å². The van der Waals surface area contributed by atoms with Gasteiger partial charge in [0.1, 0.15) is 11.6 Å². The highest BCUT2D eigenvalue weighted by atomic mass is 19.1. The van der Waals surface area contributed by atoms with Gasteiger partial charge in [-0.05, 0) is 60.1 Å². The summed E-state index contributed by atoms with van der Waals surface area (Å²) in [5.41, 5.74) is 3.29. The van der Waals surface area contributed by atoms with Crippen molar-refractivity contribution in [1.82, 2.24) is 0 Å². The van der Waals surface area contributed by atoms with Crippen molar-refractivity contribution in [2.24, 2.45) is 0 Å². The lowest BCUT2D eigenvalue weighted by Gasteiger charge is -2.11. The van der Waals surface area contributed by atoms with Crippen LogP contribution < -0.4 is 0 Å². The van der Waals surface area contributed by atoms with E-state index in [2.05, 4.69) is 0 Å². The van der Waals surface area contributed by atoms with Crippen LogP contribution in [0.4, 0.5) is 8.78 Å². The highest BCUT2D eigenvalue weighted by molar-refractivity contribution is 5.30. The summed E-state index contributed by atoms with van der Waals surface area (Å²) in [6.07, 6.45) is 2.58. The summed E-state index contributed by atoms with van der Waals surface area (Å²) >= 11 is 0. The molecule has 2 aromatic carbocycles. The maximum Gasteiger partial charge on any atom is 0.126 e. The van der Waals surface area contributed by atoms with Crippen LogP contribution in [-0.4, -0.2) is 0 Å². The monoisotopic (exact) mass is 244 g/mol. The van der Waals surface area contributed by atoms with E-state index in [1.165, 1.54) is 0 Å². The summed E-state index contributed by atoms with van der Waals surface area (Å²) in [6.45, 7) is 0. The Bertz CT molecular complexity index is 534. The number of benzene rings is 2. The van der Waals surface area contributed by atoms with E-state index in [4.69, 9.17) is 0 Å². The number of hydrogen-bond acceptors (Lipinski definition) is 0. The van der Waals surface area contributed by atoms with E-state index in [0.717, 1.165) is 24.0 Å². The van der Waals surface area contributed by atoms with Crippen LogP contribution >= 0.6 is 0 Å². The summed E-state index contributed by atoms with van der Waals surface area (Å²) in [6, 6.07) is 10.8. The minimum absolute atomic E-state index is 0.164. The Balaban J connectivity index is 2.04. The molecular weight excluding hydrogens is 230 g/mol. The fraction of sp³-hybridized carbons (Fsp3) is 0.250. The predicted octanol–water partition coefficient (Wildman–Crippen LogP) is 3.85. The van der Waals surface area contributed by atoms with Crippen LogP contribution in [-0.2, 0) is 25.7 Å². The van der Waals surface area contributed by atoms with Gasteiger partial charge >= 0.3 is 0 Å². The van der Waals surface area contributed by atoms with Crippen LogP contribution in [0.15, 0.2) is 36.4 Å². The van der Waals surface area contributed by atoms with Gasteiger partial charge in [0.05, 0.1) is 0 Å². The van der Waals surface area contributed by atoms with Crippen molar-refractivity contribution in [3.8, 4) is 0 Å². The molecule has 0 unspecified atom stereocenters. The van der Waals surface area contributed by atoms with Crippen molar-refractivity contribution in [1.29, 1.82) is 0 Å². The Morgan fingerprint density at radius 2 is 1.06 bits per heavy atom. The van der Waals surface area contributed by atoms with Crippen LogP contribution in [0.25, 0.3) is 0 Å². The quantitative estimate of drug-likeness (QED) is 0.660. The molecule has 6 rings (SSSR count). The first-order valence-electron chi connectivity index (χ1n) is 6.27. The first kappa shape index (κ1) is 11.4. The maximum absolute atomic E-state index is 13.8. The van der Waals surface area contributed by atoms with Gasteiger partial charge in [-0.25, -0.2) is 8.78 Å². The highest BCUT2D eigenvalue weighted by Crippen LogP contribution is 2.19. The zero-order chi connectivity index (χ0) is 12.5. The van der Waals surface area contributed by atoms with Gasteiger partial charge in [-0.2, -0.15) is 0 Å². The van der Waals surface area contributed by atoms with E-state index >= 15 is 0 Å². The number of aryl methyl sites for hydroxylation is 4. The molecule has 4 bridgehead atoms. The molecule has 0 aliphatic heterocycles. The maximum atomic E-state index is 13.8. The first-order chi connectivity index (χ1) is 8.72.